The van der Waals surface area contributed by atoms with Crippen molar-refractivity contribution in [1.82, 2.24) is 9.78 Å². The van der Waals surface area contributed by atoms with Crippen LogP contribution >= 0.6 is 11.3 Å². The van der Waals surface area contributed by atoms with Crippen LogP contribution in [0.3, 0.4) is 0 Å². The summed E-state index contributed by atoms with van der Waals surface area (Å²) in [5.74, 6) is 0. The summed E-state index contributed by atoms with van der Waals surface area (Å²) in [4.78, 5) is -0.767. The van der Waals surface area contributed by atoms with Crippen LogP contribution in [0, 0.1) is 0 Å². The predicted octanol–water partition coefficient (Wildman–Crippen LogP) is -1.12. The molecule has 0 aliphatic rings. The average Bonchev–Trinajstić information content (AvgIpc) is 2.44. The van der Waals surface area contributed by atoms with E-state index in [4.69, 9.17) is 0 Å². The van der Waals surface area contributed by atoms with Crippen molar-refractivity contribution in [2.45, 2.75) is 9.85 Å². The molecular formula is C4H5F3N4O4S3. The number of hydrogen-bond acceptors (Lipinski definition) is 6. The first-order chi connectivity index (χ1) is 7.84. The first-order valence-corrected chi connectivity index (χ1v) is 7.59. The number of nitrogens with zero attached hydrogens (tertiary/aromatic N) is 3. The summed E-state index contributed by atoms with van der Waals surface area (Å²) in [5.41, 5.74) is -5.58. The summed E-state index contributed by atoms with van der Waals surface area (Å²) in [6, 6.07) is 0. The standard InChI is InChI=1S/C4H5F3N4O4S3/c1-11-2(10-18(14,15)4(5,6)7)16-3(9-11)17(8,12)13/h1H3,(H2,8,12,13)/b10-2-. The van der Waals surface area contributed by atoms with Gasteiger partial charge in [0.1, 0.15) is 0 Å². The second-order valence-corrected chi connectivity index (χ2v) is 7.12. The van der Waals surface area contributed by atoms with E-state index < -0.39 is 34.7 Å². The molecule has 1 heterocycles. The number of halogens is 3. The lowest BCUT2D eigenvalue weighted by Gasteiger charge is -2.00. The van der Waals surface area contributed by atoms with Gasteiger partial charge in [-0.05, 0) is 0 Å². The summed E-state index contributed by atoms with van der Waals surface area (Å²) in [7, 11) is -8.99. The molecule has 104 valence electrons. The Kier molecular flexibility index (Phi) is 3.59. The molecule has 0 aromatic carbocycles. The van der Waals surface area contributed by atoms with E-state index in [2.05, 4.69) is 14.6 Å². The minimum absolute atomic E-state index is 0.102. The van der Waals surface area contributed by atoms with Crippen LogP contribution in [0.4, 0.5) is 13.2 Å². The van der Waals surface area contributed by atoms with Crippen molar-refractivity contribution in [3.63, 3.8) is 0 Å². The van der Waals surface area contributed by atoms with Gasteiger partial charge in [-0.3, -0.25) is 0 Å². The molecule has 0 aliphatic carbocycles. The van der Waals surface area contributed by atoms with Gasteiger partial charge in [-0.15, -0.1) is 9.50 Å². The number of primary sulfonamides is 1. The fraction of sp³-hybridized carbons (Fsp3) is 0.500. The van der Waals surface area contributed by atoms with E-state index in [0.29, 0.717) is 4.68 Å². The Hall–Kier alpha value is -0.990. The van der Waals surface area contributed by atoms with Crippen molar-refractivity contribution in [2.75, 3.05) is 0 Å². The molecule has 0 spiro atoms. The second-order valence-electron chi connectivity index (χ2n) is 2.83. The Morgan fingerprint density at radius 2 is 1.83 bits per heavy atom. The molecule has 14 heteroatoms. The highest BCUT2D eigenvalue weighted by Gasteiger charge is 2.46. The van der Waals surface area contributed by atoms with Crippen molar-refractivity contribution in [3.05, 3.63) is 4.80 Å². The highest BCUT2D eigenvalue weighted by atomic mass is 32.2. The van der Waals surface area contributed by atoms with Gasteiger partial charge >= 0.3 is 15.5 Å². The molecule has 2 N–H and O–H groups in total. The van der Waals surface area contributed by atoms with Gasteiger partial charge in [-0.2, -0.15) is 21.6 Å². The number of hydrogen-bond donors (Lipinski definition) is 1. The summed E-state index contributed by atoms with van der Waals surface area (Å²) in [6.07, 6.45) is 0. The molecule has 1 rings (SSSR count). The minimum atomic E-state index is -5.77. The molecule has 0 amide bonds. The zero-order valence-electron chi connectivity index (χ0n) is 8.41. The van der Waals surface area contributed by atoms with Crippen LogP contribution in [0.5, 0.6) is 0 Å². The van der Waals surface area contributed by atoms with Crippen molar-refractivity contribution in [1.29, 1.82) is 0 Å². The van der Waals surface area contributed by atoms with Gasteiger partial charge in [-0.25, -0.2) is 18.2 Å². The molecule has 8 nitrogen and oxygen atoms in total. The lowest BCUT2D eigenvalue weighted by molar-refractivity contribution is -0.0436. The molecule has 0 fully saturated rings. The van der Waals surface area contributed by atoms with E-state index in [0.717, 1.165) is 7.05 Å². The fourth-order valence-electron chi connectivity index (χ4n) is 0.677. The third-order valence-electron chi connectivity index (χ3n) is 1.42. The van der Waals surface area contributed by atoms with Crippen LogP contribution in [-0.2, 0) is 27.1 Å². The Bertz CT molecular complexity index is 724. The smallest absolute Gasteiger partial charge is 0.239 e. The Labute approximate surface area is 103 Å². The molecule has 0 bridgehead atoms. The van der Waals surface area contributed by atoms with Crippen LogP contribution in [0.1, 0.15) is 0 Å². The number of rotatable bonds is 2. The molecular weight excluding hydrogens is 321 g/mol. The summed E-state index contributed by atoms with van der Waals surface area (Å²) in [6.45, 7) is 0. The maximum atomic E-state index is 12.0. The van der Waals surface area contributed by atoms with E-state index in [1.165, 1.54) is 0 Å². The average molecular weight is 326 g/mol. The first-order valence-electron chi connectivity index (χ1n) is 3.79. The van der Waals surface area contributed by atoms with Gasteiger partial charge in [0.05, 0.1) is 0 Å². The molecule has 1 aromatic rings. The summed E-state index contributed by atoms with van der Waals surface area (Å²) < 4.78 is 81.6. The molecule has 0 radical (unpaired) electrons. The number of sulfonamides is 2. The van der Waals surface area contributed by atoms with E-state index in [1.807, 2.05) is 0 Å². The van der Waals surface area contributed by atoms with Crippen LogP contribution in [0.25, 0.3) is 0 Å². The van der Waals surface area contributed by atoms with Crippen LogP contribution < -0.4 is 9.94 Å². The normalized spacial score (nSPS) is 15.1. The van der Waals surface area contributed by atoms with Gasteiger partial charge in [-0.1, -0.05) is 11.3 Å². The van der Waals surface area contributed by atoms with Crippen LogP contribution in [0.15, 0.2) is 8.74 Å². The third-order valence-corrected chi connectivity index (χ3v) is 4.84. The maximum Gasteiger partial charge on any atom is 0.518 e. The molecule has 0 unspecified atom stereocenters. The van der Waals surface area contributed by atoms with E-state index in [-0.39, 0.29) is 11.3 Å². The predicted molar refractivity (Wildman–Crippen MR) is 53.0 cm³/mol. The SMILES string of the molecule is Cn1nc(S(N)(=O)=O)s/c1=N\S(=O)(=O)C(F)(F)F. The fourth-order valence-corrected chi connectivity index (χ4v) is 2.96. The minimum Gasteiger partial charge on any atom is -0.239 e. The topological polar surface area (TPSA) is 124 Å². The van der Waals surface area contributed by atoms with Gasteiger partial charge < -0.3 is 0 Å². The summed E-state index contributed by atoms with van der Waals surface area (Å²) in [5, 5.41) is 7.93. The molecule has 0 aliphatic heterocycles. The van der Waals surface area contributed by atoms with Crippen molar-refractivity contribution >= 4 is 31.4 Å². The molecule has 0 saturated heterocycles. The molecule has 0 saturated carbocycles. The number of nitrogens with two attached hydrogens (primary N) is 1. The Morgan fingerprint density at radius 1 is 1.33 bits per heavy atom. The molecule has 0 atom stereocenters. The highest BCUT2D eigenvalue weighted by Crippen LogP contribution is 2.24. The monoisotopic (exact) mass is 326 g/mol. The maximum absolute atomic E-state index is 12.0. The Balaban J connectivity index is 3.51. The van der Waals surface area contributed by atoms with Gasteiger partial charge in [0, 0.05) is 7.05 Å². The van der Waals surface area contributed by atoms with Crippen molar-refractivity contribution < 1.29 is 30.0 Å². The molecule has 18 heavy (non-hydrogen) atoms. The molecule has 1 aromatic heterocycles. The number of alkyl halides is 3. The zero-order valence-corrected chi connectivity index (χ0v) is 10.9. The lowest BCUT2D eigenvalue weighted by atomic mass is 11.2. The number of aromatic nitrogens is 2. The van der Waals surface area contributed by atoms with Gasteiger partial charge in [0.15, 0.2) is 0 Å². The largest absolute Gasteiger partial charge is 0.518 e. The quantitative estimate of drug-likeness (QED) is 0.737. The van der Waals surface area contributed by atoms with Crippen LogP contribution in [0.2, 0.25) is 0 Å². The highest BCUT2D eigenvalue weighted by molar-refractivity contribution is 7.91. The third kappa shape index (κ3) is 3.06. The van der Waals surface area contributed by atoms with E-state index in [9.17, 15) is 30.0 Å². The summed E-state index contributed by atoms with van der Waals surface area (Å²) >= 11 is 0.102. The Morgan fingerprint density at radius 3 is 2.17 bits per heavy atom. The lowest BCUT2D eigenvalue weighted by Crippen LogP contribution is -2.25. The van der Waals surface area contributed by atoms with Gasteiger partial charge in [0.2, 0.25) is 9.14 Å². The van der Waals surface area contributed by atoms with Crippen molar-refractivity contribution in [2.24, 2.45) is 16.6 Å². The van der Waals surface area contributed by atoms with Crippen molar-refractivity contribution in [3.8, 4) is 0 Å². The van der Waals surface area contributed by atoms with E-state index in [1.54, 1.807) is 0 Å². The number of aryl methyl sites for hydroxylation is 1. The second kappa shape index (κ2) is 4.29. The van der Waals surface area contributed by atoms with E-state index >= 15 is 0 Å². The zero-order chi connectivity index (χ0) is 14.4. The first kappa shape index (κ1) is 15.1. The van der Waals surface area contributed by atoms with Crippen LogP contribution in [-0.4, -0.2) is 32.1 Å². The van der Waals surface area contributed by atoms with Gasteiger partial charge in [0.25, 0.3) is 10.0 Å².